The van der Waals surface area contributed by atoms with Gasteiger partial charge in [-0.1, -0.05) is 0 Å². The molecule has 0 unspecified atom stereocenters. The standard InChI is InChI=1S/C14H19N3O4/c1-20-13-5-10(11(17(18)19)6-14(13)21-2)16-4-3-9-7-15-8-12(9)16/h5-6,9,12,15H,3-4,7-8H2,1-2H3/t9-,12+/m0/s1. The molecule has 2 aliphatic heterocycles. The largest absolute Gasteiger partial charge is 0.493 e. The molecule has 0 bridgehead atoms. The van der Waals surface area contributed by atoms with Crippen LogP contribution in [0.2, 0.25) is 0 Å². The molecule has 1 N–H and O–H groups in total. The average Bonchev–Trinajstić information content (AvgIpc) is 3.08. The predicted molar refractivity (Wildman–Crippen MR) is 78.3 cm³/mol. The zero-order chi connectivity index (χ0) is 15.0. The first-order chi connectivity index (χ1) is 10.2. The van der Waals surface area contributed by atoms with E-state index in [4.69, 9.17) is 9.47 Å². The highest BCUT2D eigenvalue weighted by Gasteiger charge is 2.40. The molecular weight excluding hydrogens is 274 g/mol. The van der Waals surface area contributed by atoms with Gasteiger partial charge in [0.05, 0.1) is 25.2 Å². The molecule has 21 heavy (non-hydrogen) atoms. The maximum Gasteiger partial charge on any atom is 0.296 e. The van der Waals surface area contributed by atoms with Crippen LogP contribution in [0, 0.1) is 16.0 Å². The van der Waals surface area contributed by atoms with Crippen molar-refractivity contribution in [2.75, 3.05) is 38.8 Å². The fourth-order valence-electron chi connectivity index (χ4n) is 3.38. The molecule has 114 valence electrons. The zero-order valence-corrected chi connectivity index (χ0v) is 12.2. The quantitative estimate of drug-likeness (QED) is 0.668. The van der Waals surface area contributed by atoms with Crippen molar-refractivity contribution < 1.29 is 14.4 Å². The number of methoxy groups -OCH3 is 2. The lowest BCUT2D eigenvalue weighted by Crippen LogP contribution is -2.34. The third kappa shape index (κ3) is 2.27. The normalized spacial score (nSPS) is 24.0. The third-order valence-corrected chi connectivity index (χ3v) is 4.43. The molecule has 0 aromatic heterocycles. The second-order valence-corrected chi connectivity index (χ2v) is 5.42. The van der Waals surface area contributed by atoms with E-state index in [2.05, 4.69) is 10.2 Å². The molecule has 7 nitrogen and oxygen atoms in total. The van der Waals surface area contributed by atoms with E-state index < -0.39 is 0 Å². The lowest BCUT2D eigenvalue weighted by Gasteiger charge is -2.26. The maximum absolute atomic E-state index is 11.4. The number of nitrogens with zero attached hydrogens (tertiary/aromatic N) is 2. The number of ether oxygens (including phenoxy) is 2. The first-order valence-electron chi connectivity index (χ1n) is 7.03. The molecule has 1 aromatic rings. The van der Waals surface area contributed by atoms with Crippen LogP contribution in [0.1, 0.15) is 6.42 Å². The van der Waals surface area contributed by atoms with Gasteiger partial charge < -0.3 is 19.7 Å². The Morgan fingerprint density at radius 2 is 2.00 bits per heavy atom. The first-order valence-corrected chi connectivity index (χ1v) is 7.03. The molecule has 0 radical (unpaired) electrons. The second kappa shape index (κ2) is 5.40. The van der Waals surface area contributed by atoms with Crippen molar-refractivity contribution in [2.24, 2.45) is 5.92 Å². The summed E-state index contributed by atoms with van der Waals surface area (Å²) in [5, 5.41) is 14.8. The van der Waals surface area contributed by atoms with E-state index in [9.17, 15) is 10.1 Å². The Labute approximate surface area is 123 Å². The van der Waals surface area contributed by atoms with Crippen molar-refractivity contribution in [1.82, 2.24) is 5.32 Å². The predicted octanol–water partition coefficient (Wildman–Crippen LogP) is 1.41. The number of nitro benzene ring substituents is 1. The molecule has 2 fully saturated rings. The molecule has 3 rings (SSSR count). The molecule has 0 spiro atoms. The van der Waals surface area contributed by atoms with Crippen molar-refractivity contribution in [3.63, 3.8) is 0 Å². The summed E-state index contributed by atoms with van der Waals surface area (Å²) in [6, 6.07) is 3.49. The number of nitro groups is 1. The summed E-state index contributed by atoms with van der Waals surface area (Å²) >= 11 is 0. The highest BCUT2D eigenvalue weighted by molar-refractivity contribution is 5.70. The molecular formula is C14H19N3O4. The van der Waals surface area contributed by atoms with Crippen LogP contribution in [0.4, 0.5) is 11.4 Å². The van der Waals surface area contributed by atoms with Gasteiger partial charge in [-0.15, -0.1) is 0 Å². The Morgan fingerprint density at radius 3 is 2.67 bits per heavy atom. The second-order valence-electron chi connectivity index (χ2n) is 5.42. The van der Waals surface area contributed by atoms with Gasteiger partial charge in [0, 0.05) is 31.7 Å². The number of anilines is 1. The minimum Gasteiger partial charge on any atom is -0.493 e. The molecule has 2 saturated heterocycles. The summed E-state index contributed by atoms with van der Waals surface area (Å²) in [4.78, 5) is 13.2. The van der Waals surface area contributed by atoms with Crippen LogP contribution < -0.4 is 19.7 Å². The highest BCUT2D eigenvalue weighted by atomic mass is 16.6. The van der Waals surface area contributed by atoms with Gasteiger partial charge in [-0.3, -0.25) is 10.1 Å². The number of hydrogen-bond donors (Lipinski definition) is 1. The number of fused-ring (bicyclic) bond motifs is 1. The number of nitrogens with one attached hydrogen (secondary N) is 1. The molecule has 0 amide bonds. The highest BCUT2D eigenvalue weighted by Crippen LogP contribution is 2.43. The van der Waals surface area contributed by atoms with Gasteiger partial charge in [0.15, 0.2) is 11.5 Å². The Kier molecular flexibility index (Phi) is 3.59. The van der Waals surface area contributed by atoms with Gasteiger partial charge in [-0.2, -0.15) is 0 Å². The fraction of sp³-hybridized carbons (Fsp3) is 0.571. The van der Waals surface area contributed by atoms with E-state index in [1.807, 2.05) is 0 Å². The minimum atomic E-state index is -0.354. The van der Waals surface area contributed by atoms with Gasteiger partial charge in [-0.25, -0.2) is 0 Å². The monoisotopic (exact) mass is 293 g/mol. The van der Waals surface area contributed by atoms with Gasteiger partial charge in [-0.05, 0) is 12.3 Å². The molecule has 0 aliphatic carbocycles. The van der Waals surface area contributed by atoms with Crippen molar-refractivity contribution in [1.29, 1.82) is 0 Å². The summed E-state index contributed by atoms with van der Waals surface area (Å²) in [5.41, 5.74) is 0.689. The van der Waals surface area contributed by atoms with E-state index in [-0.39, 0.29) is 10.6 Å². The Morgan fingerprint density at radius 1 is 1.29 bits per heavy atom. The van der Waals surface area contributed by atoms with Crippen LogP contribution in [0.25, 0.3) is 0 Å². The van der Waals surface area contributed by atoms with E-state index in [1.54, 1.807) is 6.07 Å². The summed E-state index contributed by atoms with van der Waals surface area (Å²) < 4.78 is 10.5. The van der Waals surface area contributed by atoms with Crippen LogP contribution in [-0.2, 0) is 0 Å². The topological polar surface area (TPSA) is 76.9 Å². The van der Waals surface area contributed by atoms with Gasteiger partial charge in [0.2, 0.25) is 0 Å². The summed E-state index contributed by atoms with van der Waals surface area (Å²) in [5.74, 6) is 1.47. The fourth-order valence-corrected chi connectivity index (χ4v) is 3.38. The van der Waals surface area contributed by atoms with Crippen LogP contribution in [0.5, 0.6) is 11.5 Å². The van der Waals surface area contributed by atoms with E-state index in [0.29, 0.717) is 29.1 Å². The number of hydrogen-bond acceptors (Lipinski definition) is 6. The molecule has 2 atom stereocenters. The lowest BCUT2D eigenvalue weighted by molar-refractivity contribution is -0.384. The molecule has 0 saturated carbocycles. The van der Waals surface area contributed by atoms with Gasteiger partial charge in [0.25, 0.3) is 5.69 Å². The molecule has 1 aromatic carbocycles. The van der Waals surface area contributed by atoms with E-state index in [0.717, 1.165) is 26.1 Å². The smallest absolute Gasteiger partial charge is 0.296 e. The molecule has 7 heteroatoms. The Bertz CT molecular complexity index is 563. The Hall–Kier alpha value is -2.02. The maximum atomic E-state index is 11.4. The van der Waals surface area contributed by atoms with Gasteiger partial charge >= 0.3 is 0 Å². The van der Waals surface area contributed by atoms with Crippen LogP contribution >= 0.6 is 0 Å². The SMILES string of the molecule is COc1cc(N2CC[C@H]3CNC[C@H]32)c([N+](=O)[O-])cc1OC. The van der Waals surface area contributed by atoms with Crippen LogP contribution in [0.3, 0.4) is 0 Å². The molecule has 2 heterocycles. The minimum absolute atomic E-state index is 0.0696. The van der Waals surface area contributed by atoms with Gasteiger partial charge in [0.1, 0.15) is 5.69 Å². The summed E-state index contributed by atoms with van der Waals surface area (Å²) in [7, 11) is 3.02. The van der Waals surface area contributed by atoms with E-state index >= 15 is 0 Å². The number of benzene rings is 1. The number of rotatable bonds is 4. The third-order valence-electron chi connectivity index (χ3n) is 4.43. The van der Waals surface area contributed by atoms with Crippen LogP contribution in [0.15, 0.2) is 12.1 Å². The van der Waals surface area contributed by atoms with Crippen LogP contribution in [-0.4, -0.2) is 44.8 Å². The Balaban J connectivity index is 2.05. The van der Waals surface area contributed by atoms with Crippen molar-refractivity contribution in [3.05, 3.63) is 22.2 Å². The van der Waals surface area contributed by atoms with Crippen molar-refractivity contribution in [3.8, 4) is 11.5 Å². The average molecular weight is 293 g/mol. The summed E-state index contributed by atoms with van der Waals surface area (Å²) in [6.45, 7) is 2.70. The summed E-state index contributed by atoms with van der Waals surface area (Å²) in [6.07, 6.45) is 1.06. The van der Waals surface area contributed by atoms with Crippen molar-refractivity contribution in [2.45, 2.75) is 12.5 Å². The molecule has 2 aliphatic rings. The van der Waals surface area contributed by atoms with Crippen molar-refractivity contribution >= 4 is 11.4 Å². The zero-order valence-electron chi connectivity index (χ0n) is 12.2. The van der Waals surface area contributed by atoms with E-state index in [1.165, 1.54) is 20.3 Å². The first kappa shape index (κ1) is 13.9. The lowest BCUT2D eigenvalue weighted by atomic mass is 10.0.